The molecule has 18 heavy (non-hydrogen) atoms. The van der Waals surface area contributed by atoms with Gasteiger partial charge in [0.2, 0.25) is 0 Å². The summed E-state index contributed by atoms with van der Waals surface area (Å²) in [6.45, 7) is 4.45. The minimum absolute atomic E-state index is 0.658. The van der Waals surface area contributed by atoms with Crippen LogP contribution in [0, 0.1) is 0 Å². The second-order valence-corrected chi connectivity index (χ2v) is 6.05. The molecule has 1 saturated heterocycles. The van der Waals surface area contributed by atoms with Gasteiger partial charge in [-0.25, -0.2) is 0 Å². The van der Waals surface area contributed by atoms with Crippen LogP contribution in [0.4, 0.5) is 5.69 Å². The fourth-order valence-corrected chi connectivity index (χ4v) is 3.00. The monoisotopic (exact) mass is 264 g/mol. The molecule has 0 bridgehead atoms. The molecule has 1 N–H and O–H groups in total. The van der Waals surface area contributed by atoms with E-state index < -0.39 is 0 Å². The molecule has 3 rings (SSSR count). The van der Waals surface area contributed by atoms with E-state index in [2.05, 4.69) is 29.3 Å². The van der Waals surface area contributed by atoms with Gasteiger partial charge in [0.15, 0.2) is 0 Å². The van der Waals surface area contributed by atoms with Gasteiger partial charge in [0.1, 0.15) is 0 Å². The summed E-state index contributed by atoms with van der Waals surface area (Å²) in [5.41, 5.74) is 2.72. The molecule has 1 heterocycles. The van der Waals surface area contributed by atoms with Crippen molar-refractivity contribution in [2.75, 3.05) is 11.4 Å². The average molecular weight is 265 g/mol. The van der Waals surface area contributed by atoms with Gasteiger partial charge in [0.05, 0.1) is 0 Å². The van der Waals surface area contributed by atoms with Crippen molar-refractivity contribution >= 4 is 17.3 Å². The van der Waals surface area contributed by atoms with E-state index in [0.29, 0.717) is 6.04 Å². The van der Waals surface area contributed by atoms with Gasteiger partial charge in [-0.3, -0.25) is 0 Å². The Hall–Kier alpha value is -0.730. The molecule has 0 amide bonds. The molecule has 1 atom stereocenters. The van der Waals surface area contributed by atoms with Crippen molar-refractivity contribution in [3.05, 3.63) is 28.8 Å². The summed E-state index contributed by atoms with van der Waals surface area (Å²) >= 11 is 6.14. The Bertz CT molecular complexity index is 429. The summed E-state index contributed by atoms with van der Waals surface area (Å²) in [4.78, 5) is 2.53. The van der Waals surface area contributed by atoms with Gasteiger partial charge in [-0.1, -0.05) is 11.6 Å². The highest BCUT2D eigenvalue weighted by Gasteiger charge is 2.24. The van der Waals surface area contributed by atoms with Crippen molar-refractivity contribution in [2.24, 2.45) is 0 Å². The zero-order valence-corrected chi connectivity index (χ0v) is 11.7. The minimum Gasteiger partial charge on any atom is -0.369 e. The lowest BCUT2D eigenvalue weighted by Crippen LogP contribution is -2.28. The second kappa shape index (κ2) is 5.10. The van der Waals surface area contributed by atoms with Gasteiger partial charge in [0, 0.05) is 35.9 Å². The summed E-state index contributed by atoms with van der Waals surface area (Å²) in [5.74, 6) is 0. The van der Waals surface area contributed by atoms with Crippen LogP contribution in [-0.2, 0) is 6.54 Å². The lowest BCUT2D eigenvalue weighted by Gasteiger charge is -2.26. The topological polar surface area (TPSA) is 15.3 Å². The van der Waals surface area contributed by atoms with Crippen LogP contribution >= 0.6 is 11.6 Å². The lowest BCUT2D eigenvalue weighted by atomic mass is 10.1. The quantitative estimate of drug-likeness (QED) is 0.894. The van der Waals surface area contributed by atoms with Gasteiger partial charge in [-0.2, -0.15) is 0 Å². The summed E-state index contributed by atoms with van der Waals surface area (Å²) in [7, 11) is 0. The van der Waals surface area contributed by atoms with Gasteiger partial charge in [0.25, 0.3) is 0 Å². The fourth-order valence-electron chi connectivity index (χ4n) is 2.81. The maximum atomic E-state index is 6.14. The first-order chi connectivity index (χ1) is 8.74. The normalized spacial score (nSPS) is 23.7. The van der Waals surface area contributed by atoms with Crippen LogP contribution in [0.1, 0.15) is 38.2 Å². The molecule has 0 spiro atoms. The number of hydrogen-bond acceptors (Lipinski definition) is 2. The van der Waals surface area contributed by atoms with Crippen LogP contribution in [-0.4, -0.2) is 18.6 Å². The minimum atomic E-state index is 0.658. The molecule has 3 heteroatoms. The number of rotatable bonds is 4. The molecule has 0 aromatic heterocycles. The van der Waals surface area contributed by atoms with E-state index in [1.54, 1.807) is 0 Å². The van der Waals surface area contributed by atoms with Gasteiger partial charge in [-0.05, 0) is 56.4 Å². The summed E-state index contributed by atoms with van der Waals surface area (Å²) in [5, 5.41) is 4.44. The Morgan fingerprint density at radius 1 is 1.33 bits per heavy atom. The second-order valence-electron chi connectivity index (χ2n) is 5.61. The molecule has 1 aromatic carbocycles. The summed E-state index contributed by atoms with van der Waals surface area (Å²) in [6, 6.07) is 7.73. The zero-order valence-electron chi connectivity index (χ0n) is 11.0. The van der Waals surface area contributed by atoms with E-state index in [-0.39, 0.29) is 0 Å². The Balaban J connectivity index is 1.81. The molecule has 98 valence electrons. The van der Waals surface area contributed by atoms with Gasteiger partial charge < -0.3 is 10.2 Å². The number of benzene rings is 1. The molecule has 2 nitrogen and oxygen atoms in total. The molecular weight excluding hydrogens is 244 g/mol. The molecular formula is C15H21ClN2. The third-order valence-electron chi connectivity index (χ3n) is 4.06. The van der Waals surface area contributed by atoms with Crippen molar-refractivity contribution in [3.8, 4) is 0 Å². The van der Waals surface area contributed by atoms with Crippen molar-refractivity contribution in [1.29, 1.82) is 0 Å². The highest BCUT2D eigenvalue weighted by Crippen LogP contribution is 2.31. The first-order valence-corrected chi connectivity index (χ1v) is 7.40. The van der Waals surface area contributed by atoms with E-state index >= 15 is 0 Å². The first kappa shape index (κ1) is 12.3. The van der Waals surface area contributed by atoms with Crippen molar-refractivity contribution in [3.63, 3.8) is 0 Å². The summed E-state index contributed by atoms with van der Waals surface area (Å²) in [6.07, 6.45) is 5.27. The van der Waals surface area contributed by atoms with E-state index in [0.717, 1.165) is 17.6 Å². The van der Waals surface area contributed by atoms with E-state index in [9.17, 15) is 0 Å². The predicted octanol–water partition coefficient (Wildman–Crippen LogP) is 3.58. The van der Waals surface area contributed by atoms with Gasteiger partial charge in [-0.15, -0.1) is 0 Å². The Labute approximate surface area is 114 Å². The maximum absolute atomic E-state index is 6.14. The van der Waals surface area contributed by atoms with Crippen molar-refractivity contribution < 1.29 is 0 Å². The fraction of sp³-hybridized carbons (Fsp3) is 0.600. The molecule has 1 saturated carbocycles. The standard InChI is InChI=1S/C15H21ClN2/c1-11-3-2-8-18(11)15-7-4-13(16)9-12(15)10-17-14-5-6-14/h4,7,9,11,14,17H,2-3,5-6,8,10H2,1H3. The predicted molar refractivity (Wildman–Crippen MR) is 77.4 cm³/mol. The maximum Gasteiger partial charge on any atom is 0.0415 e. The van der Waals surface area contributed by atoms with Crippen LogP contribution < -0.4 is 10.2 Å². The van der Waals surface area contributed by atoms with E-state index in [1.165, 1.54) is 43.5 Å². The Kier molecular flexibility index (Phi) is 3.49. The highest BCUT2D eigenvalue weighted by molar-refractivity contribution is 6.30. The number of hydrogen-bond donors (Lipinski definition) is 1. The van der Waals surface area contributed by atoms with Crippen LogP contribution in [0.15, 0.2) is 18.2 Å². The molecule has 1 aliphatic heterocycles. The summed E-state index contributed by atoms with van der Waals surface area (Å²) < 4.78 is 0. The molecule has 2 aliphatic rings. The van der Waals surface area contributed by atoms with E-state index in [1.807, 2.05) is 6.07 Å². The third kappa shape index (κ3) is 2.65. The average Bonchev–Trinajstić information content (AvgIpc) is 3.09. The van der Waals surface area contributed by atoms with Crippen molar-refractivity contribution in [2.45, 2.75) is 51.2 Å². The molecule has 1 unspecified atom stereocenters. The SMILES string of the molecule is CC1CCCN1c1ccc(Cl)cc1CNC1CC1. The Morgan fingerprint density at radius 2 is 2.17 bits per heavy atom. The molecule has 0 radical (unpaired) electrons. The lowest BCUT2D eigenvalue weighted by molar-refractivity contribution is 0.679. The molecule has 1 aromatic rings. The molecule has 2 fully saturated rings. The largest absolute Gasteiger partial charge is 0.369 e. The highest BCUT2D eigenvalue weighted by atomic mass is 35.5. The Morgan fingerprint density at radius 3 is 2.83 bits per heavy atom. The first-order valence-electron chi connectivity index (χ1n) is 7.02. The van der Waals surface area contributed by atoms with E-state index in [4.69, 9.17) is 11.6 Å². The number of nitrogens with one attached hydrogen (secondary N) is 1. The van der Waals surface area contributed by atoms with Crippen molar-refractivity contribution in [1.82, 2.24) is 5.32 Å². The zero-order chi connectivity index (χ0) is 12.5. The smallest absolute Gasteiger partial charge is 0.0415 e. The number of halogens is 1. The number of nitrogens with zero attached hydrogens (tertiary/aromatic N) is 1. The van der Waals surface area contributed by atoms with Crippen LogP contribution in [0.3, 0.4) is 0 Å². The van der Waals surface area contributed by atoms with Crippen LogP contribution in [0.2, 0.25) is 5.02 Å². The van der Waals surface area contributed by atoms with Gasteiger partial charge >= 0.3 is 0 Å². The van der Waals surface area contributed by atoms with Crippen LogP contribution in [0.5, 0.6) is 0 Å². The number of anilines is 1. The van der Waals surface area contributed by atoms with Crippen LogP contribution in [0.25, 0.3) is 0 Å². The molecule has 1 aliphatic carbocycles. The third-order valence-corrected chi connectivity index (χ3v) is 4.30.